The Balaban J connectivity index is 1.82. The van der Waals surface area contributed by atoms with Gasteiger partial charge in [0.2, 0.25) is 0 Å². The molecule has 0 aliphatic carbocycles. The highest BCUT2D eigenvalue weighted by molar-refractivity contribution is 6.12. The van der Waals surface area contributed by atoms with Gasteiger partial charge in [-0.05, 0) is 24.3 Å². The minimum atomic E-state index is -0.236. The summed E-state index contributed by atoms with van der Waals surface area (Å²) in [6.45, 7) is 0. The Bertz CT molecular complexity index is 1020. The Hall–Kier alpha value is -3.41. The molecule has 4 aromatic rings. The van der Waals surface area contributed by atoms with E-state index in [0.717, 1.165) is 10.9 Å². The quantitative estimate of drug-likeness (QED) is 0.627. The van der Waals surface area contributed by atoms with Gasteiger partial charge in [-0.2, -0.15) is 5.10 Å². The molecule has 0 fully saturated rings. The van der Waals surface area contributed by atoms with E-state index in [-0.39, 0.29) is 5.91 Å². The summed E-state index contributed by atoms with van der Waals surface area (Å²) in [6, 6.07) is 14.6. The number of anilines is 1. The molecule has 0 saturated carbocycles. The normalized spacial score (nSPS) is 10.9. The van der Waals surface area contributed by atoms with E-state index in [4.69, 9.17) is 4.42 Å². The molecular weight excluding hydrogens is 304 g/mol. The summed E-state index contributed by atoms with van der Waals surface area (Å²) in [7, 11) is 1.80. The number of para-hydroxylation sites is 1. The molecule has 0 aliphatic heterocycles. The van der Waals surface area contributed by atoms with E-state index in [9.17, 15) is 4.79 Å². The monoisotopic (exact) mass is 318 g/mol. The number of fused-ring (bicyclic) bond motifs is 1. The first kappa shape index (κ1) is 14.2. The van der Waals surface area contributed by atoms with E-state index in [1.54, 1.807) is 42.4 Å². The van der Waals surface area contributed by atoms with E-state index < -0.39 is 0 Å². The average molecular weight is 318 g/mol. The van der Waals surface area contributed by atoms with E-state index in [1.165, 1.54) is 0 Å². The molecular formula is C18H14N4O2. The maximum Gasteiger partial charge on any atom is 0.257 e. The SMILES string of the molecule is Cn1ccc(NC(=O)c2cc(-c3ccco3)nc3ccccc23)n1. The van der Waals surface area contributed by atoms with Gasteiger partial charge in [0.15, 0.2) is 11.6 Å². The number of hydrogen-bond acceptors (Lipinski definition) is 4. The molecule has 3 aromatic heterocycles. The molecule has 1 aromatic carbocycles. The molecule has 118 valence electrons. The lowest BCUT2D eigenvalue weighted by Gasteiger charge is -2.08. The predicted molar refractivity (Wildman–Crippen MR) is 90.6 cm³/mol. The molecule has 1 amide bonds. The van der Waals surface area contributed by atoms with E-state index in [1.807, 2.05) is 30.3 Å². The zero-order valence-electron chi connectivity index (χ0n) is 12.9. The first-order valence-electron chi connectivity index (χ1n) is 7.45. The number of amides is 1. The van der Waals surface area contributed by atoms with Gasteiger partial charge in [-0.3, -0.25) is 9.48 Å². The lowest BCUT2D eigenvalue weighted by atomic mass is 10.1. The first-order valence-corrected chi connectivity index (χ1v) is 7.45. The van der Waals surface area contributed by atoms with Gasteiger partial charge in [0, 0.05) is 24.7 Å². The van der Waals surface area contributed by atoms with Crippen molar-refractivity contribution in [1.82, 2.24) is 14.8 Å². The lowest BCUT2D eigenvalue weighted by molar-refractivity contribution is 0.102. The molecule has 6 nitrogen and oxygen atoms in total. The number of nitrogens with one attached hydrogen (secondary N) is 1. The van der Waals surface area contributed by atoms with Crippen molar-refractivity contribution in [2.45, 2.75) is 0 Å². The lowest BCUT2D eigenvalue weighted by Crippen LogP contribution is -2.13. The summed E-state index contributed by atoms with van der Waals surface area (Å²) in [6.07, 6.45) is 3.36. The third-order valence-corrected chi connectivity index (χ3v) is 3.69. The van der Waals surface area contributed by atoms with Gasteiger partial charge in [-0.15, -0.1) is 0 Å². The molecule has 1 N–H and O–H groups in total. The van der Waals surface area contributed by atoms with Crippen LogP contribution < -0.4 is 5.32 Å². The standard InChI is InChI=1S/C18H14N4O2/c1-22-9-8-17(21-22)20-18(23)13-11-15(16-7-4-10-24-16)19-14-6-3-2-5-12(13)14/h2-11H,1H3,(H,20,21,23). The highest BCUT2D eigenvalue weighted by atomic mass is 16.3. The van der Waals surface area contributed by atoms with Gasteiger partial charge in [0.05, 0.1) is 17.3 Å². The maximum atomic E-state index is 12.7. The van der Waals surface area contributed by atoms with Crippen LogP contribution in [0.3, 0.4) is 0 Å². The third-order valence-electron chi connectivity index (χ3n) is 3.69. The Morgan fingerprint density at radius 2 is 2.04 bits per heavy atom. The van der Waals surface area contributed by atoms with Gasteiger partial charge in [0.25, 0.3) is 5.91 Å². The van der Waals surface area contributed by atoms with Crippen LogP contribution >= 0.6 is 0 Å². The van der Waals surface area contributed by atoms with Crippen molar-refractivity contribution in [3.63, 3.8) is 0 Å². The summed E-state index contributed by atoms with van der Waals surface area (Å²) in [5, 5.41) is 7.77. The largest absolute Gasteiger partial charge is 0.463 e. The number of benzene rings is 1. The first-order chi connectivity index (χ1) is 11.7. The predicted octanol–water partition coefficient (Wildman–Crippen LogP) is 3.48. The molecule has 0 aliphatic rings. The molecule has 0 atom stereocenters. The van der Waals surface area contributed by atoms with Crippen LogP contribution in [0.4, 0.5) is 5.82 Å². The minimum absolute atomic E-state index is 0.236. The van der Waals surface area contributed by atoms with Crippen molar-refractivity contribution < 1.29 is 9.21 Å². The van der Waals surface area contributed by atoms with Crippen LogP contribution in [0.1, 0.15) is 10.4 Å². The molecule has 0 bridgehead atoms. The van der Waals surface area contributed by atoms with E-state index in [0.29, 0.717) is 22.8 Å². The number of carbonyl (C=O) groups excluding carboxylic acids is 1. The fourth-order valence-electron chi connectivity index (χ4n) is 2.58. The molecule has 0 saturated heterocycles. The fraction of sp³-hybridized carbons (Fsp3) is 0.0556. The topological polar surface area (TPSA) is 73.0 Å². The second kappa shape index (κ2) is 5.66. The number of nitrogens with zero attached hydrogens (tertiary/aromatic N) is 3. The van der Waals surface area contributed by atoms with Crippen LogP contribution in [0.25, 0.3) is 22.4 Å². The van der Waals surface area contributed by atoms with Crippen molar-refractivity contribution in [2.75, 3.05) is 5.32 Å². The smallest absolute Gasteiger partial charge is 0.257 e. The Kier molecular flexibility index (Phi) is 3.35. The number of pyridine rings is 1. The molecule has 6 heteroatoms. The molecule has 24 heavy (non-hydrogen) atoms. The zero-order valence-corrected chi connectivity index (χ0v) is 12.9. The second-order valence-corrected chi connectivity index (χ2v) is 5.38. The number of rotatable bonds is 3. The average Bonchev–Trinajstić information content (AvgIpc) is 3.25. The summed E-state index contributed by atoms with van der Waals surface area (Å²) in [5.41, 5.74) is 1.88. The number of carbonyl (C=O) groups is 1. The van der Waals surface area contributed by atoms with Gasteiger partial charge in [-0.25, -0.2) is 4.98 Å². The maximum absolute atomic E-state index is 12.7. The van der Waals surface area contributed by atoms with E-state index >= 15 is 0 Å². The highest BCUT2D eigenvalue weighted by Crippen LogP contribution is 2.25. The van der Waals surface area contributed by atoms with Gasteiger partial charge in [-0.1, -0.05) is 18.2 Å². The van der Waals surface area contributed by atoms with Crippen LogP contribution in [-0.2, 0) is 7.05 Å². The van der Waals surface area contributed by atoms with Crippen molar-refractivity contribution in [3.05, 3.63) is 66.6 Å². The van der Waals surface area contributed by atoms with Crippen molar-refractivity contribution in [3.8, 4) is 11.5 Å². The van der Waals surface area contributed by atoms with Crippen LogP contribution in [0.2, 0.25) is 0 Å². The van der Waals surface area contributed by atoms with Gasteiger partial charge in [0.1, 0.15) is 5.69 Å². The number of hydrogen-bond donors (Lipinski definition) is 1. The number of aromatic nitrogens is 3. The van der Waals surface area contributed by atoms with Crippen molar-refractivity contribution in [1.29, 1.82) is 0 Å². The van der Waals surface area contributed by atoms with Crippen molar-refractivity contribution in [2.24, 2.45) is 7.05 Å². The summed E-state index contributed by atoms with van der Waals surface area (Å²) >= 11 is 0. The molecule has 0 unspecified atom stereocenters. The zero-order chi connectivity index (χ0) is 16.5. The molecule has 3 heterocycles. The highest BCUT2D eigenvalue weighted by Gasteiger charge is 2.15. The minimum Gasteiger partial charge on any atom is -0.463 e. The summed E-state index contributed by atoms with van der Waals surface area (Å²) in [4.78, 5) is 17.3. The van der Waals surface area contributed by atoms with E-state index in [2.05, 4.69) is 15.4 Å². The van der Waals surface area contributed by atoms with Crippen molar-refractivity contribution >= 4 is 22.6 Å². The van der Waals surface area contributed by atoms with Crippen LogP contribution in [0.15, 0.2) is 65.4 Å². The van der Waals surface area contributed by atoms with Crippen LogP contribution in [-0.4, -0.2) is 20.7 Å². The molecule has 0 radical (unpaired) electrons. The number of aryl methyl sites for hydroxylation is 1. The second-order valence-electron chi connectivity index (χ2n) is 5.38. The van der Waals surface area contributed by atoms with Crippen LogP contribution in [0, 0.1) is 0 Å². The van der Waals surface area contributed by atoms with Crippen LogP contribution in [0.5, 0.6) is 0 Å². The molecule has 0 spiro atoms. The molecule has 4 rings (SSSR count). The Morgan fingerprint density at radius 1 is 1.17 bits per heavy atom. The Labute approximate surface area is 137 Å². The summed E-state index contributed by atoms with van der Waals surface area (Å²) in [5.74, 6) is 0.885. The van der Waals surface area contributed by atoms with Gasteiger partial charge >= 0.3 is 0 Å². The number of furan rings is 1. The fourth-order valence-corrected chi connectivity index (χ4v) is 2.58. The summed E-state index contributed by atoms with van der Waals surface area (Å²) < 4.78 is 7.05. The Morgan fingerprint density at radius 3 is 2.79 bits per heavy atom. The van der Waals surface area contributed by atoms with Gasteiger partial charge < -0.3 is 9.73 Å². The third kappa shape index (κ3) is 2.54.